The summed E-state index contributed by atoms with van der Waals surface area (Å²) in [5.41, 5.74) is 1.52. The Bertz CT molecular complexity index is 842. The second-order valence-corrected chi connectivity index (χ2v) is 11.9. The molecule has 0 radical (unpaired) electrons. The standard InChI is InChI=1S/C27H41NO3/c1-25-14-12-22(29)24(17-7-5-6-8-21(17)28(3)4)20(25)10-9-19-18(25)11-15-26(2)23(30)13-16-27(19,26)31/h5-8,18-20,22-24,29-31H,9-16H2,1-4H3/t18-,19+,20+,22-,23-,24?,25+,26+,27-/m0/s1. The van der Waals surface area contributed by atoms with Crippen LogP contribution in [0.1, 0.15) is 76.7 Å². The van der Waals surface area contributed by atoms with Gasteiger partial charge in [0.2, 0.25) is 0 Å². The molecule has 4 saturated carbocycles. The van der Waals surface area contributed by atoms with Crippen molar-refractivity contribution >= 4 is 5.69 Å². The maximum absolute atomic E-state index is 12.0. The number of aliphatic hydroxyl groups is 3. The molecule has 4 nitrogen and oxygen atoms in total. The summed E-state index contributed by atoms with van der Waals surface area (Å²) in [5, 5.41) is 34.0. The van der Waals surface area contributed by atoms with Crippen molar-refractivity contribution in [2.45, 2.75) is 88.9 Å². The number of hydrogen-bond acceptors (Lipinski definition) is 4. The maximum atomic E-state index is 12.0. The number of fused-ring (bicyclic) bond motifs is 5. The van der Waals surface area contributed by atoms with Crippen LogP contribution in [0.4, 0.5) is 5.69 Å². The van der Waals surface area contributed by atoms with Gasteiger partial charge in [-0.1, -0.05) is 32.0 Å². The normalized spacial score (nSPS) is 49.1. The number of nitrogens with zero attached hydrogens (tertiary/aromatic N) is 1. The fraction of sp³-hybridized carbons (Fsp3) is 0.778. The fourth-order valence-electron chi connectivity index (χ4n) is 8.89. The molecule has 0 heterocycles. The van der Waals surface area contributed by atoms with Gasteiger partial charge in [-0.3, -0.25) is 0 Å². The van der Waals surface area contributed by atoms with Crippen molar-refractivity contribution in [1.29, 1.82) is 0 Å². The van der Waals surface area contributed by atoms with Gasteiger partial charge in [0.05, 0.1) is 17.8 Å². The maximum Gasteiger partial charge on any atom is 0.0757 e. The predicted molar refractivity (Wildman–Crippen MR) is 124 cm³/mol. The van der Waals surface area contributed by atoms with Gasteiger partial charge in [0.25, 0.3) is 0 Å². The molecule has 0 aromatic heterocycles. The SMILES string of the molecule is CN(C)c1ccccc1C1[C@H]2CC[C@@H]3[C@H](CC[C@]4(C)[C@@H](O)CC[C@]34O)[C@@]2(C)CC[C@@H]1O. The molecule has 0 aliphatic heterocycles. The largest absolute Gasteiger partial charge is 0.392 e. The molecular formula is C27H41NO3. The van der Waals surface area contributed by atoms with E-state index in [4.69, 9.17) is 0 Å². The van der Waals surface area contributed by atoms with Gasteiger partial charge in [0.15, 0.2) is 0 Å². The monoisotopic (exact) mass is 427 g/mol. The van der Waals surface area contributed by atoms with Crippen molar-refractivity contribution in [3.63, 3.8) is 0 Å². The quantitative estimate of drug-likeness (QED) is 0.658. The molecule has 1 unspecified atom stereocenters. The van der Waals surface area contributed by atoms with Gasteiger partial charge in [-0.05, 0) is 86.2 Å². The van der Waals surface area contributed by atoms with Crippen molar-refractivity contribution in [2.75, 3.05) is 19.0 Å². The highest BCUT2D eigenvalue weighted by Crippen LogP contribution is 2.69. The predicted octanol–water partition coefficient (Wildman–Crippen LogP) is 4.33. The van der Waals surface area contributed by atoms with E-state index in [2.05, 4.69) is 57.1 Å². The number of hydrogen-bond donors (Lipinski definition) is 3. The van der Waals surface area contributed by atoms with E-state index in [1.165, 1.54) is 11.3 Å². The highest BCUT2D eigenvalue weighted by Gasteiger charge is 2.68. The summed E-state index contributed by atoms with van der Waals surface area (Å²) in [6.45, 7) is 4.60. The first-order chi connectivity index (χ1) is 14.6. The first kappa shape index (κ1) is 21.7. The molecule has 31 heavy (non-hydrogen) atoms. The first-order valence-corrected chi connectivity index (χ1v) is 12.5. The molecule has 1 aromatic rings. The Hall–Kier alpha value is -1.10. The molecule has 4 heteroatoms. The topological polar surface area (TPSA) is 63.9 Å². The molecule has 172 valence electrons. The van der Waals surface area contributed by atoms with Crippen LogP contribution in [0.3, 0.4) is 0 Å². The third-order valence-electron chi connectivity index (χ3n) is 10.7. The number of aliphatic hydroxyl groups excluding tert-OH is 2. The summed E-state index contributed by atoms with van der Waals surface area (Å²) in [5.74, 6) is 1.31. The van der Waals surface area contributed by atoms with Crippen molar-refractivity contribution in [3.05, 3.63) is 29.8 Å². The van der Waals surface area contributed by atoms with Crippen LogP contribution in [-0.4, -0.2) is 47.2 Å². The Balaban J connectivity index is 1.53. The minimum Gasteiger partial charge on any atom is -0.392 e. The summed E-state index contributed by atoms with van der Waals surface area (Å²) in [7, 11) is 4.18. The lowest BCUT2D eigenvalue weighted by atomic mass is 9.42. The second-order valence-electron chi connectivity index (χ2n) is 11.9. The summed E-state index contributed by atoms with van der Waals surface area (Å²) in [4.78, 5) is 2.17. The number of benzene rings is 1. The molecule has 4 fully saturated rings. The number of para-hydroxylation sites is 1. The van der Waals surface area contributed by atoms with Crippen LogP contribution >= 0.6 is 0 Å². The van der Waals surface area contributed by atoms with Gasteiger partial charge in [-0.25, -0.2) is 0 Å². The average Bonchev–Trinajstić information content (AvgIpc) is 2.98. The number of rotatable bonds is 2. The van der Waals surface area contributed by atoms with Crippen LogP contribution in [0.2, 0.25) is 0 Å². The van der Waals surface area contributed by atoms with Crippen LogP contribution in [0.5, 0.6) is 0 Å². The molecule has 5 rings (SSSR count). The van der Waals surface area contributed by atoms with Crippen molar-refractivity contribution < 1.29 is 15.3 Å². The molecular weight excluding hydrogens is 386 g/mol. The molecule has 0 spiro atoms. The Kier molecular flexibility index (Phi) is 5.05. The lowest BCUT2D eigenvalue weighted by Crippen LogP contribution is -2.63. The van der Waals surface area contributed by atoms with Crippen LogP contribution in [0, 0.1) is 28.6 Å². The number of anilines is 1. The molecule has 3 N–H and O–H groups in total. The van der Waals surface area contributed by atoms with Gasteiger partial charge in [-0.2, -0.15) is 0 Å². The zero-order valence-electron chi connectivity index (χ0n) is 19.7. The molecule has 0 saturated heterocycles. The fourth-order valence-corrected chi connectivity index (χ4v) is 8.89. The summed E-state index contributed by atoms with van der Waals surface area (Å²) < 4.78 is 0. The van der Waals surface area contributed by atoms with Gasteiger partial charge in [0.1, 0.15) is 0 Å². The first-order valence-electron chi connectivity index (χ1n) is 12.5. The van der Waals surface area contributed by atoms with Gasteiger partial charge in [-0.15, -0.1) is 0 Å². The lowest BCUT2D eigenvalue weighted by molar-refractivity contribution is -0.219. The van der Waals surface area contributed by atoms with Crippen molar-refractivity contribution in [2.24, 2.45) is 28.6 Å². The highest BCUT2D eigenvalue weighted by atomic mass is 16.3. The molecule has 1 aromatic carbocycles. The lowest BCUT2D eigenvalue weighted by Gasteiger charge is -2.64. The Morgan fingerprint density at radius 1 is 0.839 bits per heavy atom. The van der Waals surface area contributed by atoms with Gasteiger partial charge < -0.3 is 20.2 Å². The smallest absolute Gasteiger partial charge is 0.0757 e. The van der Waals surface area contributed by atoms with E-state index in [-0.39, 0.29) is 34.9 Å². The minimum absolute atomic E-state index is 0.122. The van der Waals surface area contributed by atoms with Crippen LogP contribution in [-0.2, 0) is 0 Å². The molecule has 4 aliphatic carbocycles. The van der Waals surface area contributed by atoms with E-state index < -0.39 is 5.60 Å². The summed E-state index contributed by atoms with van der Waals surface area (Å²) >= 11 is 0. The minimum atomic E-state index is -0.740. The van der Waals surface area contributed by atoms with E-state index in [9.17, 15) is 15.3 Å². The van der Waals surface area contributed by atoms with E-state index in [0.717, 1.165) is 51.4 Å². The molecule has 0 amide bonds. The van der Waals surface area contributed by atoms with Crippen molar-refractivity contribution in [1.82, 2.24) is 0 Å². The summed E-state index contributed by atoms with van der Waals surface area (Å²) in [6.07, 6.45) is 6.72. The van der Waals surface area contributed by atoms with Gasteiger partial charge >= 0.3 is 0 Å². The van der Waals surface area contributed by atoms with Gasteiger partial charge in [0, 0.05) is 31.1 Å². The summed E-state index contributed by atoms with van der Waals surface area (Å²) in [6, 6.07) is 8.60. The Morgan fingerprint density at radius 3 is 2.29 bits per heavy atom. The van der Waals surface area contributed by atoms with E-state index >= 15 is 0 Å². The van der Waals surface area contributed by atoms with Crippen molar-refractivity contribution in [3.8, 4) is 0 Å². The van der Waals surface area contributed by atoms with E-state index in [0.29, 0.717) is 11.8 Å². The second kappa shape index (κ2) is 7.20. The molecule has 4 aliphatic rings. The van der Waals surface area contributed by atoms with E-state index in [1.54, 1.807) is 0 Å². The third-order valence-corrected chi connectivity index (χ3v) is 10.7. The Labute approximate surface area is 187 Å². The van der Waals surface area contributed by atoms with Crippen LogP contribution in [0.15, 0.2) is 24.3 Å². The molecule has 9 atom stereocenters. The van der Waals surface area contributed by atoms with Crippen LogP contribution in [0.25, 0.3) is 0 Å². The zero-order valence-corrected chi connectivity index (χ0v) is 19.7. The zero-order chi connectivity index (χ0) is 22.2. The van der Waals surface area contributed by atoms with Crippen LogP contribution < -0.4 is 4.90 Å². The third kappa shape index (κ3) is 2.83. The van der Waals surface area contributed by atoms with E-state index in [1.807, 2.05) is 0 Å². The highest BCUT2D eigenvalue weighted by molar-refractivity contribution is 5.55. The average molecular weight is 428 g/mol. The molecule has 0 bridgehead atoms. The Morgan fingerprint density at radius 2 is 1.55 bits per heavy atom.